The fourth-order valence-corrected chi connectivity index (χ4v) is 5.83. The molecule has 1 aliphatic heterocycles. The summed E-state index contributed by atoms with van der Waals surface area (Å²) < 4.78 is 39.4. The number of halogens is 2. The Morgan fingerprint density at radius 2 is 1.78 bits per heavy atom. The van der Waals surface area contributed by atoms with Crippen LogP contribution in [0.4, 0.5) is 10.1 Å². The summed E-state index contributed by atoms with van der Waals surface area (Å²) in [5.74, 6) is -0.477. The molecule has 0 aliphatic carbocycles. The van der Waals surface area contributed by atoms with Gasteiger partial charge in [-0.15, -0.1) is 0 Å². The summed E-state index contributed by atoms with van der Waals surface area (Å²) in [7, 11) is 3.09. The summed E-state index contributed by atoms with van der Waals surface area (Å²) in [5.41, 5.74) is 6.85. The minimum Gasteiger partial charge on any atom is -0.496 e. The van der Waals surface area contributed by atoms with Crippen LogP contribution in [0.15, 0.2) is 65.3 Å². The van der Waals surface area contributed by atoms with E-state index in [2.05, 4.69) is 26.2 Å². The number of piperidine rings is 1. The second-order valence-corrected chi connectivity index (χ2v) is 11.4. The monoisotopic (exact) mass is 680 g/mol. The molecule has 0 saturated carbocycles. The van der Waals surface area contributed by atoms with Crippen LogP contribution in [0.2, 0.25) is 0 Å². The first-order chi connectivity index (χ1) is 21.8. The molecule has 5 rings (SSSR count). The van der Waals surface area contributed by atoms with E-state index in [0.717, 1.165) is 46.9 Å². The molecule has 12 heteroatoms. The highest BCUT2D eigenvalue weighted by molar-refractivity contribution is 9.10. The van der Waals surface area contributed by atoms with E-state index >= 15 is 4.39 Å². The van der Waals surface area contributed by atoms with Crippen molar-refractivity contribution in [1.82, 2.24) is 10.3 Å². The van der Waals surface area contributed by atoms with Crippen molar-refractivity contribution in [2.24, 2.45) is 11.7 Å². The number of carbonyl (C=O) groups is 2. The lowest BCUT2D eigenvalue weighted by atomic mass is 9.99. The number of nitrogens with one attached hydrogen (secondary N) is 1. The summed E-state index contributed by atoms with van der Waals surface area (Å²) >= 11 is 3.49. The third-order valence-electron chi connectivity index (χ3n) is 7.70. The molecule has 1 saturated heterocycles. The first-order valence-electron chi connectivity index (χ1n) is 14.5. The van der Waals surface area contributed by atoms with Crippen LogP contribution in [0.3, 0.4) is 0 Å². The summed E-state index contributed by atoms with van der Waals surface area (Å²) in [6, 6.07) is 14.6. The molecule has 3 N–H and O–H groups in total. The molecule has 0 atom stereocenters. The second-order valence-electron chi connectivity index (χ2n) is 10.5. The van der Waals surface area contributed by atoms with Crippen molar-refractivity contribution in [2.75, 3.05) is 45.4 Å². The number of hydrogen-bond donors (Lipinski definition) is 2. The SMILES string of the molecule is COc1cc2c(Oc3ccc(N(CCc4c(Br)cccc4OC)C(=O)C(N)=O)cc3F)ccnc2cc1OCC1CCNCC1. The summed E-state index contributed by atoms with van der Waals surface area (Å²) in [6.07, 6.45) is 3.96. The summed E-state index contributed by atoms with van der Waals surface area (Å²) in [6.45, 7) is 2.56. The van der Waals surface area contributed by atoms with Gasteiger partial charge in [-0.1, -0.05) is 22.0 Å². The molecule has 236 valence electrons. The molecule has 1 aromatic heterocycles. The number of aromatic nitrogens is 1. The molecular weight excluding hydrogens is 647 g/mol. The van der Waals surface area contributed by atoms with Gasteiger partial charge in [-0.2, -0.15) is 0 Å². The molecule has 1 aliphatic rings. The number of pyridine rings is 1. The molecule has 1 fully saturated rings. The fraction of sp³-hybridized carbons (Fsp3) is 0.303. The Balaban J connectivity index is 1.38. The van der Waals surface area contributed by atoms with E-state index < -0.39 is 17.6 Å². The molecule has 2 heterocycles. The van der Waals surface area contributed by atoms with E-state index in [1.165, 1.54) is 19.2 Å². The average molecular weight is 682 g/mol. The van der Waals surface area contributed by atoms with Crippen LogP contribution in [0.5, 0.6) is 28.7 Å². The Kier molecular flexibility index (Phi) is 10.4. The van der Waals surface area contributed by atoms with Gasteiger partial charge in [0.2, 0.25) is 0 Å². The van der Waals surface area contributed by atoms with Gasteiger partial charge in [0.05, 0.1) is 26.3 Å². The maximum atomic E-state index is 15.5. The van der Waals surface area contributed by atoms with Gasteiger partial charge in [0.25, 0.3) is 0 Å². The molecule has 2 amide bonds. The van der Waals surface area contributed by atoms with Gasteiger partial charge in [0.15, 0.2) is 23.1 Å². The molecule has 4 aromatic rings. The Labute approximate surface area is 268 Å². The second kappa shape index (κ2) is 14.6. The minimum atomic E-state index is -1.16. The van der Waals surface area contributed by atoms with Crippen LogP contribution in [0.25, 0.3) is 10.9 Å². The molecule has 0 radical (unpaired) electrons. The van der Waals surface area contributed by atoms with E-state index in [4.69, 9.17) is 24.7 Å². The van der Waals surface area contributed by atoms with Crippen LogP contribution in [-0.4, -0.2) is 57.3 Å². The molecule has 3 aromatic carbocycles. The standard InChI is InChI=1S/C33H34BrFN4O6/c1-42-27-5-3-4-24(34)22(27)11-15-39(33(41)32(36)40)21-6-7-29(25(35)16-21)45-28-10-14-38-26-18-31(30(43-2)17-23(26)28)44-19-20-8-12-37-13-9-20/h3-7,10,14,16-18,20,37H,8-9,11-13,15,19H2,1-2H3,(H2,36,40). The zero-order valence-electron chi connectivity index (χ0n) is 25.0. The average Bonchev–Trinajstić information content (AvgIpc) is 3.05. The Morgan fingerprint density at radius 3 is 2.49 bits per heavy atom. The Hall–Kier alpha value is -4.42. The van der Waals surface area contributed by atoms with Gasteiger partial charge in [0.1, 0.15) is 11.5 Å². The number of primary amides is 1. The van der Waals surface area contributed by atoms with Crippen LogP contribution in [0, 0.1) is 11.7 Å². The number of fused-ring (bicyclic) bond motifs is 1. The van der Waals surface area contributed by atoms with Gasteiger partial charge in [0, 0.05) is 46.0 Å². The Morgan fingerprint density at radius 1 is 1.00 bits per heavy atom. The van der Waals surface area contributed by atoms with Crippen molar-refractivity contribution in [3.63, 3.8) is 0 Å². The van der Waals surface area contributed by atoms with Gasteiger partial charge in [-0.05, 0) is 74.7 Å². The number of nitrogens with two attached hydrogens (primary N) is 1. The molecule has 0 spiro atoms. The third-order valence-corrected chi connectivity index (χ3v) is 8.45. The largest absolute Gasteiger partial charge is 0.496 e. The van der Waals surface area contributed by atoms with Crippen molar-refractivity contribution in [3.05, 3.63) is 76.6 Å². The first-order valence-corrected chi connectivity index (χ1v) is 15.3. The molecule has 0 unspecified atom stereocenters. The smallest absolute Gasteiger partial charge is 0.316 e. The zero-order chi connectivity index (χ0) is 31.9. The number of carbonyl (C=O) groups excluding carboxylic acids is 2. The maximum Gasteiger partial charge on any atom is 0.316 e. The van der Waals surface area contributed by atoms with E-state index in [0.29, 0.717) is 52.8 Å². The van der Waals surface area contributed by atoms with Crippen LogP contribution in [-0.2, 0) is 16.0 Å². The fourth-order valence-electron chi connectivity index (χ4n) is 5.28. The van der Waals surface area contributed by atoms with Crippen LogP contribution in [0.1, 0.15) is 18.4 Å². The third kappa shape index (κ3) is 7.46. The van der Waals surface area contributed by atoms with Gasteiger partial charge in [-0.3, -0.25) is 14.6 Å². The Bertz CT molecular complexity index is 1700. The number of amides is 2. The molecule has 10 nitrogen and oxygen atoms in total. The number of rotatable bonds is 11. The van der Waals surface area contributed by atoms with Crippen molar-refractivity contribution >= 4 is 44.3 Å². The highest BCUT2D eigenvalue weighted by Gasteiger charge is 2.24. The number of methoxy groups -OCH3 is 2. The highest BCUT2D eigenvalue weighted by atomic mass is 79.9. The van der Waals surface area contributed by atoms with Crippen LogP contribution < -0.4 is 34.9 Å². The zero-order valence-corrected chi connectivity index (χ0v) is 26.6. The normalized spacial score (nSPS) is 13.3. The quantitative estimate of drug-likeness (QED) is 0.202. The predicted octanol–water partition coefficient (Wildman–Crippen LogP) is 5.39. The highest BCUT2D eigenvalue weighted by Crippen LogP contribution is 2.38. The topological polar surface area (TPSA) is 125 Å². The molecule has 45 heavy (non-hydrogen) atoms. The number of nitrogens with zero attached hydrogens (tertiary/aromatic N) is 2. The predicted molar refractivity (Wildman–Crippen MR) is 172 cm³/mol. The maximum absolute atomic E-state index is 15.5. The van der Waals surface area contributed by atoms with Crippen molar-refractivity contribution in [1.29, 1.82) is 0 Å². The van der Waals surface area contributed by atoms with Crippen molar-refractivity contribution in [2.45, 2.75) is 19.3 Å². The van der Waals surface area contributed by atoms with Gasteiger partial charge in [-0.25, -0.2) is 4.39 Å². The first kappa shape index (κ1) is 32.0. The summed E-state index contributed by atoms with van der Waals surface area (Å²) in [5, 5.41) is 3.95. The van der Waals surface area contributed by atoms with Crippen molar-refractivity contribution < 1.29 is 32.9 Å². The van der Waals surface area contributed by atoms with Gasteiger partial charge < -0.3 is 34.9 Å². The number of hydrogen-bond acceptors (Lipinski definition) is 8. The number of ether oxygens (including phenoxy) is 4. The van der Waals surface area contributed by atoms with E-state index in [-0.39, 0.29) is 18.0 Å². The minimum absolute atomic E-state index is 0.0389. The van der Waals surface area contributed by atoms with E-state index in [1.54, 1.807) is 37.6 Å². The van der Waals surface area contributed by atoms with Crippen LogP contribution >= 0.6 is 15.9 Å². The van der Waals surface area contributed by atoms with Crippen molar-refractivity contribution in [3.8, 4) is 28.7 Å². The summed E-state index contributed by atoms with van der Waals surface area (Å²) in [4.78, 5) is 30.3. The number of anilines is 1. The van der Waals surface area contributed by atoms with E-state index in [1.807, 2.05) is 12.1 Å². The molecular formula is C33H34BrFN4O6. The molecule has 0 bridgehead atoms. The lowest BCUT2D eigenvalue weighted by Gasteiger charge is -2.23. The van der Waals surface area contributed by atoms with Gasteiger partial charge >= 0.3 is 11.8 Å². The lowest BCUT2D eigenvalue weighted by molar-refractivity contribution is -0.135. The van der Waals surface area contributed by atoms with E-state index in [9.17, 15) is 9.59 Å². The lowest BCUT2D eigenvalue weighted by Crippen LogP contribution is -2.41. The number of benzene rings is 3.